The Morgan fingerprint density at radius 1 is 0.577 bits per heavy atom. The van der Waals surface area contributed by atoms with Gasteiger partial charge < -0.3 is 9.47 Å². The molecule has 26 heavy (non-hydrogen) atoms. The van der Waals surface area contributed by atoms with Gasteiger partial charge in [0.1, 0.15) is 0 Å². The van der Waals surface area contributed by atoms with E-state index in [4.69, 9.17) is 9.47 Å². The number of benzene rings is 1. The molecule has 0 saturated carbocycles. The molecule has 0 N–H and O–H groups in total. The predicted octanol–water partition coefficient (Wildman–Crippen LogP) is 5.07. The van der Waals surface area contributed by atoms with Crippen LogP contribution >= 0.6 is 0 Å². The van der Waals surface area contributed by atoms with Gasteiger partial charge >= 0.3 is 11.9 Å². The highest BCUT2D eigenvalue weighted by molar-refractivity contribution is 6.06. The number of methoxy groups -OCH3 is 2. The van der Waals surface area contributed by atoms with Gasteiger partial charge in [0, 0.05) is 0 Å². The standard InChI is InChI=1S/C22H34O4/c1-7-11-15-16(12-8-2)18(14-10-4)20(22(24)26-6)19(21(23)25-5)17(15)13-9-3/h7-14H2,1-6H3. The molecule has 4 nitrogen and oxygen atoms in total. The molecule has 0 aliphatic heterocycles. The van der Waals surface area contributed by atoms with E-state index in [2.05, 4.69) is 27.7 Å². The average Bonchev–Trinajstić information content (AvgIpc) is 2.64. The van der Waals surface area contributed by atoms with Crippen molar-refractivity contribution in [2.75, 3.05) is 14.2 Å². The smallest absolute Gasteiger partial charge is 0.339 e. The van der Waals surface area contributed by atoms with Crippen molar-refractivity contribution in [1.82, 2.24) is 0 Å². The van der Waals surface area contributed by atoms with Gasteiger partial charge in [-0.25, -0.2) is 9.59 Å². The molecule has 146 valence electrons. The molecule has 0 atom stereocenters. The normalized spacial score (nSPS) is 10.7. The first-order valence-corrected chi connectivity index (χ1v) is 9.88. The number of hydrogen-bond donors (Lipinski definition) is 0. The van der Waals surface area contributed by atoms with Crippen LogP contribution in [0.3, 0.4) is 0 Å². The number of hydrogen-bond acceptors (Lipinski definition) is 4. The molecule has 0 heterocycles. The van der Waals surface area contributed by atoms with Crippen molar-refractivity contribution in [3.8, 4) is 0 Å². The Balaban J connectivity index is 4.04. The topological polar surface area (TPSA) is 52.6 Å². The van der Waals surface area contributed by atoms with Gasteiger partial charge in [0.25, 0.3) is 0 Å². The second-order valence-corrected chi connectivity index (χ2v) is 6.65. The van der Waals surface area contributed by atoms with Crippen LogP contribution in [0.5, 0.6) is 0 Å². The van der Waals surface area contributed by atoms with Crippen LogP contribution in [0.2, 0.25) is 0 Å². The third-order valence-corrected chi connectivity index (χ3v) is 4.73. The highest BCUT2D eigenvalue weighted by Crippen LogP contribution is 2.33. The van der Waals surface area contributed by atoms with Crippen molar-refractivity contribution in [1.29, 1.82) is 0 Å². The minimum absolute atomic E-state index is 0.424. The first-order valence-electron chi connectivity index (χ1n) is 9.88. The van der Waals surface area contributed by atoms with Crippen LogP contribution in [0.25, 0.3) is 0 Å². The number of ether oxygens (including phenoxy) is 2. The van der Waals surface area contributed by atoms with E-state index in [1.807, 2.05) is 0 Å². The van der Waals surface area contributed by atoms with E-state index in [0.717, 1.165) is 62.5 Å². The summed E-state index contributed by atoms with van der Waals surface area (Å²) < 4.78 is 10.2. The molecule has 0 aliphatic rings. The lowest BCUT2D eigenvalue weighted by Gasteiger charge is -2.25. The van der Waals surface area contributed by atoms with Crippen molar-refractivity contribution in [2.24, 2.45) is 0 Å². The lowest BCUT2D eigenvalue weighted by atomic mass is 9.80. The Morgan fingerprint density at radius 3 is 1.08 bits per heavy atom. The summed E-state index contributed by atoms with van der Waals surface area (Å²) >= 11 is 0. The fourth-order valence-corrected chi connectivity index (χ4v) is 3.78. The maximum Gasteiger partial charge on any atom is 0.339 e. The zero-order valence-corrected chi connectivity index (χ0v) is 17.3. The van der Waals surface area contributed by atoms with Gasteiger partial charge in [0.05, 0.1) is 25.3 Å². The summed E-state index contributed by atoms with van der Waals surface area (Å²) in [5.41, 5.74) is 5.29. The Bertz CT molecular complexity index is 577. The maximum atomic E-state index is 12.7. The van der Waals surface area contributed by atoms with Gasteiger partial charge in [-0.2, -0.15) is 0 Å². The molecule has 1 aromatic carbocycles. The number of carbonyl (C=O) groups excluding carboxylic acids is 2. The molecular formula is C22H34O4. The van der Waals surface area contributed by atoms with Gasteiger partial charge in [-0.05, 0) is 47.9 Å². The van der Waals surface area contributed by atoms with E-state index in [1.165, 1.54) is 25.3 Å². The summed E-state index contributed by atoms with van der Waals surface area (Å²) in [6, 6.07) is 0. The molecule has 0 saturated heterocycles. The molecule has 0 radical (unpaired) electrons. The van der Waals surface area contributed by atoms with Gasteiger partial charge in [0.15, 0.2) is 0 Å². The lowest BCUT2D eigenvalue weighted by Crippen LogP contribution is -2.22. The van der Waals surface area contributed by atoms with E-state index in [9.17, 15) is 9.59 Å². The second kappa shape index (κ2) is 11.0. The lowest BCUT2D eigenvalue weighted by molar-refractivity contribution is 0.0552. The van der Waals surface area contributed by atoms with E-state index < -0.39 is 11.9 Å². The van der Waals surface area contributed by atoms with E-state index in [0.29, 0.717) is 11.1 Å². The quantitative estimate of drug-likeness (QED) is 0.545. The molecule has 0 fully saturated rings. The molecule has 0 amide bonds. The molecule has 4 heteroatoms. The molecule has 1 aromatic rings. The van der Waals surface area contributed by atoms with Gasteiger partial charge in [-0.3, -0.25) is 0 Å². The van der Waals surface area contributed by atoms with Crippen LogP contribution in [-0.4, -0.2) is 26.2 Å². The molecular weight excluding hydrogens is 328 g/mol. The number of esters is 2. The number of carbonyl (C=O) groups is 2. The van der Waals surface area contributed by atoms with Crippen LogP contribution in [0, 0.1) is 0 Å². The Morgan fingerprint density at radius 2 is 0.846 bits per heavy atom. The molecule has 0 spiro atoms. The Kier molecular flexibility index (Phi) is 9.39. The van der Waals surface area contributed by atoms with Crippen molar-refractivity contribution < 1.29 is 19.1 Å². The molecule has 1 rings (SSSR count). The Labute approximate surface area is 158 Å². The SMILES string of the molecule is CCCc1c(CCC)c(CCC)c(C(=O)OC)c(C(=O)OC)c1CCC. The summed E-state index contributed by atoms with van der Waals surface area (Å²) in [6.07, 6.45) is 7.13. The van der Waals surface area contributed by atoms with Gasteiger partial charge in [0.2, 0.25) is 0 Å². The molecule has 0 aliphatic carbocycles. The van der Waals surface area contributed by atoms with E-state index >= 15 is 0 Å². The maximum absolute atomic E-state index is 12.7. The summed E-state index contributed by atoms with van der Waals surface area (Å²) in [5, 5.41) is 0. The van der Waals surface area contributed by atoms with Crippen molar-refractivity contribution >= 4 is 11.9 Å². The first-order chi connectivity index (χ1) is 12.5. The fraction of sp³-hybridized carbons (Fsp3) is 0.636. The van der Waals surface area contributed by atoms with Crippen LogP contribution in [0.4, 0.5) is 0 Å². The monoisotopic (exact) mass is 362 g/mol. The van der Waals surface area contributed by atoms with Gasteiger partial charge in [-0.1, -0.05) is 53.4 Å². The molecule has 0 aromatic heterocycles. The summed E-state index contributed by atoms with van der Waals surface area (Å²) in [4.78, 5) is 25.4. The van der Waals surface area contributed by atoms with Crippen LogP contribution in [0.15, 0.2) is 0 Å². The predicted molar refractivity (Wildman–Crippen MR) is 105 cm³/mol. The third kappa shape index (κ3) is 4.66. The van der Waals surface area contributed by atoms with E-state index in [-0.39, 0.29) is 0 Å². The van der Waals surface area contributed by atoms with Crippen LogP contribution in [0.1, 0.15) is 96.3 Å². The summed E-state index contributed by atoms with van der Waals surface area (Å²) in [7, 11) is 2.75. The highest BCUT2D eigenvalue weighted by Gasteiger charge is 2.30. The van der Waals surface area contributed by atoms with Crippen LogP contribution < -0.4 is 0 Å². The first kappa shape index (κ1) is 22.2. The zero-order chi connectivity index (χ0) is 19.7. The third-order valence-electron chi connectivity index (χ3n) is 4.73. The zero-order valence-electron chi connectivity index (χ0n) is 17.3. The molecule has 0 bridgehead atoms. The largest absolute Gasteiger partial charge is 0.465 e. The van der Waals surface area contributed by atoms with Crippen molar-refractivity contribution in [3.05, 3.63) is 33.4 Å². The van der Waals surface area contributed by atoms with E-state index in [1.54, 1.807) is 0 Å². The van der Waals surface area contributed by atoms with Crippen LogP contribution in [-0.2, 0) is 35.2 Å². The van der Waals surface area contributed by atoms with Crippen molar-refractivity contribution in [3.63, 3.8) is 0 Å². The summed E-state index contributed by atoms with van der Waals surface area (Å²) in [6.45, 7) is 8.48. The Hall–Kier alpha value is -1.84. The highest BCUT2D eigenvalue weighted by atomic mass is 16.5. The fourth-order valence-electron chi connectivity index (χ4n) is 3.78. The molecule has 0 unspecified atom stereocenters. The number of rotatable bonds is 10. The minimum Gasteiger partial charge on any atom is -0.465 e. The summed E-state index contributed by atoms with van der Waals surface area (Å²) in [5.74, 6) is -0.877. The minimum atomic E-state index is -0.438. The van der Waals surface area contributed by atoms with Gasteiger partial charge in [-0.15, -0.1) is 0 Å². The van der Waals surface area contributed by atoms with Crippen molar-refractivity contribution in [2.45, 2.75) is 79.1 Å². The average molecular weight is 363 g/mol. The second-order valence-electron chi connectivity index (χ2n) is 6.65.